The zero-order valence-corrected chi connectivity index (χ0v) is 16.3. The average molecular weight is 375 g/mol. The molecule has 1 heterocycles. The molecule has 0 saturated heterocycles. The van der Waals surface area contributed by atoms with Gasteiger partial charge in [0.2, 0.25) is 0 Å². The fourth-order valence-electron chi connectivity index (χ4n) is 3.68. The van der Waals surface area contributed by atoms with Crippen LogP contribution >= 0.6 is 11.6 Å². The van der Waals surface area contributed by atoms with E-state index < -0.39 is 11.0 Å². The molecule has 0 aliphatic carbocycles. The van der Waals surface area contributed by atoms with Crippen molar-refractivity contribution in [3.63, 3.8) is 0 Å². The van der Waals surface area contributed by atoms with Gasteiger partial charge in [-0.1, -0.05) is 43.6 Å². The second kappa shape index (κ2) is 7.22. The Hall–Kier alpha value is -1.78. The van der Waals surface area contributed by atoms with Crippen LogP contribution < -0.4 is 4.72 Å². The van der Waals surface area contributed by atoms with E-state index in [1.165, 1.54) is 5.56 Å². The third-order valence-corrected chi connectivity index (χ3v) is 5.76. The molecule has 1 unspecified atom stereocenters. The zero-order chi connectivity index (χ0) is 18.0. The number of rotatable bonds is 6. The highest BCUT2D eigenvalue weighted by molar-refractivity contribution is 7.85. The van der Waals surface area contributed by atoms with Crippen molar-refractivity contribution >= 4 is 39.2 Å². The molecule has 2 aromatic carbocycles. The molecule has 1 aromatic heterocycles. The molecule has 0 aliphatic rings. The molecular weight excluding hydrogens is 352 g/mol. The van der Waals surface area contributed by atoms with E-state index in [-0.39, 0.29) is 5.54 Å². The minimum absolute atomic E-state index is 0.143. The van der Waals surface area contributed by atoms with Crippen LogP contribution in [0.25, 0.3) is 10.9 Å². The van der Waals surface area contributed by atoms with Crippen LogP contribution in [0.15, 0.2) is 54.7 Å². The van der Waals surface area contributed by atoms with E-state index in [1.54, 1.807) is 6.26 Å². The third kappa shape index (κ3) is 3.21. The predicted molar refractivity (Wildman–Crippen MR) is 109 cm³/mol. The smallest absolute Gasteiger partial charge is 0.113 e. The van der Waals surface area contributed by atoms with Crippen molar-refractivity contribution in [1.82, 2.24) is 4.57 Å². The van der Waals surface area contributed by atoms with Crippen molar-refractivity contribution < 1.29 is 4.21 Å². The number of anilines is 1. The summed E-state index contributed by atoms with van der Waals surface area (Å²) in [6, 6.07) is 16.3. The number of fused-ring (bicyclic) bond motifs is 1. The largest absolute Gasteiger partial charge is 0.337 e. The lowest BCUT2D eigenvalue weighted by Crippen LogP contribution is -2.33. The van der Waals surface area contributed by atoms with E-state index in [2.05, 4.69) is 53.6 Å². The number of benzene rings is 2. The summed E-state index contributed by atoms with van der Waals surface area (Å²) in [4.78, 5) is 0. The summed E-state index contributed by atoms with van der Waals surface area (Å²) in [5, 5.41) is 1.83. The summed E-state index contributed by atoms with van der Waals surface area (Å²) in [5.41, 5.74) is 3.14. The minimum atomic E-state index is -1.10. The zero-order valence-electron chi connectivity index (χ0n) is 14.8. The molecule has 0 aliphatic heterocycles. The van der Waals surface area contributed by atoms with Gasteiger partial charge in [0, 0.05) is 22.9 Å². The van der Waals surface area contributed by atoms with Gasteiger partial charge in [0.05, 0.1) is 16.7 Å². The van der Waals surface area contributed by atoms with Crippen molar-refractivity contribution in [2.45, 2.75) is 32.2 Å². The van der Waals surface area contributed by atoms with Crippen molar-refractivity contribution in [2.24, 2.45) is 0 Å². The molecule has 0 spiro atoms. The topological polar surface area (TPSA) is 34.0 Å². The Bertz CT molecular complexity index is 898. The lowest BCUT2D eigenvalue weighted by Gasteiger charge is -2.35. The molecular formula is C20H23ClN2OS. The molecule has 1 N–H and O–H groups in total. The number of aromatic nitrogens is 1. The molecule has 0 radical (unpaired) electrons. The molecule has 0 bridgehead atoms. The Morgan fingerprint density at radius 3 is 2.36 bits per heavy atom. The molecule has 0 amide bonds. The van der Waals surface area contributed by atoms with Crippen molar-refractivity contribution in [1.29, 1.82) is 0 Å². The molecule has 0 fully saturated rings. The van der Waals surface area contributed by atoms with Gasteiger partial charge in [0.15, 0.2) is 0 Å². The fraction of sp³-hybridized carbons (Fsp3) is 0.300. The van der Waals surface area contributed by atoms with Crippen LogP contribution in [-0.4, -0.2) is 15.0 Å². The Morgan fingerprint density at radius 2 is 1.76 bits per heavy atom. The Balaban J connectivity index is 2.21. The van der Waals surface area contributed by atoms with Crippen LogP contribution in [0, 0.1) is 0 Å². The van der Waals surface area contributed by atoms with E-state index in [0.717, 1.165) is 34.5 Å². The van der Waals surface area contributed by atoms with Gasteiger partial charge in [-0.05, 0) is 48.7 Å². The highest BCUT2D eigenvalue weighted by Crippen LogP contribution is 2.38. The standard InChI is InChI=1S/C20H23ClN2OS/c1-4-20(5-2,15-9-11-16(21)12-10-15)23-14-13-17-18(22-25(3)24)7-6-8-19(17)23/h6-14,22H,4-5H2,1-3H3. The predicted octanol–water partition coefficient (Wildman–Crippen LogP) is 5.56. The van der Waals surface area contributed by atoms with Gasteiger partial charge in [-0.25, -0.2) is 4.21 Å². The first-order valence-corrected chi connectivity index (χ1v) is 10.4. The molecule has 25 heavy (non-hydrogen) atoms. The van der Waals surface area contributed by atoms with Gasteiger partial charge in [-0.3, -0.25) is 0 Å². The summed E-state index contributed by atoms with van der Waals surface area (Å²) >= 11 is 6.09. The summed E-state index contributed by atoms with van der Waals surface area (Å²) in [5.74, 6) is 0. The van der Waals surface area contributed by atoms with Crippen LogP contribution in [0.4, 0.5) is 5.69 Å². The van der Waals surface area contributed by atoms with Gasteiger partial charge in [-0.15, -0.1) is 0 Å². The van der Waals surface area contributed by atoms with Crippen molar-refractivity contribution in [3.05, 3.63) is 65.3 Å². The van der Waals surface area contributed by atoms with E-state index >= 15 is 0 Å². The number of nitrogens with one attached hydrogen (secondary N) is 1. The van der Waals surface area contributed by atoms with Crippen LogP contribution in [-0.2, 0) is 16.5 Å². The second-order valence-electron chi connectivity index (χ2n) is 6.23. The number of hydrogen-bond donors (Lipinski definition) is 1. The van der Waals surface area contributed by atoms with Gasteiger partial charge >= 0.3 is 0 Å². The molecule has 3 nitrogen and oxygen atoms in total. The molecule has 0 saturated carbocycles. The third-order valence-electron chi connectivity index (χ3n) is 5.00. The maximum atomic E-state index is 11.6. The summed E-state index contributed by atoms with van der Waals surface area (Å²) < 4.78 is 17.0. The first-order chi connectivity index (χ1) is 12.0. The van der Waals surface area contributed by atoms with Crippen molar-refractivity contribution in [3.8, 4) is 0 Å². The minimum Gasteiger partial charge on any atom is -0.337 e. The molecule has 132 valence electrons. The van der Waals surface area contributed by atoms with E-state index in [1.807, 2.05) is 24.3 Å². The molecule has 1 atom stereocenters. The van der Waals surface area contributed by atoms with Crippen LogP contribution in [0.5, 0.6) is 0 Å². The average Bonchev–Trinajstić information content (AvgIpc) is 3.03. The molecule has 3 aromatic rings. The summed E-state index contributed by atoms with van der Waals surface area (Å²) in [6.45, 7) is 4.43. The number of hydrogen-bond acceptors (Lipinski definition) is 1. The van der Waals surface area contributed by atoms with Crippen LogP contribution in [0.3, 0.4) is 0 Å². The van der Waals surface area contributed by atoms with Crippen molar-refractivity contribution in [2.75, 3.05) is 11.0 Å². The van der Waals surface area contributed by atoms with Crippen LogP contribution in [0.1, 0.15) is 32.3 Å². The lowest BCUT2D eigenvalue weighted by atomic mass is 9.84. The molecule has 3 rings (SSSR count). The van der Waals surface area contributed by atoms with Gasteiger partial charge < -0.3 is 9.29 Å². The number of nitrogens with zero attached hydrogens (tertiary/aromatic N) is 1. The van der Waals surface area contributed by atoms with E-state index in [9.17, 15) is 4.21 Å². The monoisotopic (exact) mass is 374 g/mol. The first kappa shape index (κ1) is 18.0. The summed E-state index contributed by atoms with van der Waals surface area (Å²) in [6.07, 6.45) is 5.71. The Labute approximate surface area is 156 Å². The Kier molecular flexibility index (Phi) is 5.21. The van der Waals surface area contributed by atoms with Gasteiger partial charge in [-0.2, -0.15) is 0 Å². The second-order valence-corrected chi connectivity index (χ2v) is 7.77. The maximum absolute atomic E-state index is 11.6. The van der Waals surface area contributed by atoms with E-state index in [0.29, 0.717) is 0 Å². The maximum Gasteiger partial charge on any atom is 0.113 e. The summed E-state index contributed by atoms with van der Waals surface area (Å²) in [7, 11) is -1.10. The highest BCUT2D eigenvalue weighted by Gasteiger charge is 2.31. The van der Waals surface area contributed by atoms with Gasteiger partial charge in [0.25, 0.3) is 0 Å². The SMILES string of the molecule is CCC(CC)(c1ccc(Cl)cc1)n1ccc2c(NS(C)=O)cccc21. The molecule has 5 heteroatoms. The van der Waals surface area contributed by atoms with Crippen LogP contribution in [0.2, 0.25) is 5.02 Å². The quantitative estimate of drug-likeness (QED) is 0.601. The van der Waals surface area contributed by atoms with Gasteiger partial charge in [0.1, 0.15) is 11.0 Å². The highest BCUT2D eigenvalue weighted by atomic mass is 35.5. The normalized spacial score (nSPS) is 13.1. The lowest BCUT2D eigenvalue weighted by molar-refractivity contribution is 0.339. The number of halogens is 1. The van der Waals surface area contributed by atoms with E-state index in [4.69, 9.17) is 11.6 Å². The fourth-order valence-corrected chi connectivity index (χ4v) is 4.30. The first-order valence-electron chi connectivity index (χ1n) is 8.48. The Morgan fingerprint density at radius 1 is 1.08 bits per heavy atom.